The highest BCUT2D eigenvalue weighted by Crippen LogP contribution is 2.07. The van der Waals surface area contributed by atoms with Crippen LogP contribution in [0.25, 0.3) is 0 Å². The van der Waals surface area contributed by atoms with Gasteiger partial charge in [-0.15, -0.1) is 0 Å². The van der Waals surface area contributed by atoms with Gasteiger partial charge in [0.25, 0.3) is 0 Å². The lowest BCUT2D eigenvalue weighted by Gasteiger charge is -2.34. The lowest BCUT2D eigenvalue weighted by molar-refractivity contribution is -0.123. The van der Waals surface area contributed by atoms with Crippen LogP contribution in [0.5, 0.6) is 0 Å². The summed E-state index contributed by atoms with van der Waals surface area (Å²) in [5.74, 6) is 1.34. The molecule has 0 radical (unpaired) electrons. The molecule has 0 aromatic carbocycles. The van der Waals surface area contributed by atoms with Crippen molar-refractivity contribution in [3.63, 3.8) is 0 Å². The minimum Gasteiger partial charge on any atom is -0.301 e. The van der Waals surface area contributed by atoms with Gasteiger partial charge in [-0.3, -0.25) is 9.69 Å². The van der Waals surface area contributed by atoms with Gasteiger partial charge in [-0.2, -0.15) is 0 Å². The number of nitrogens with zero attached hydrogens (tertiary/aromatic N) is 2. The number of carbonyl (C=O) groups excluding carboxylic acids is 1. The first-order valence-corrected chi connectivity index (χ1v) is 6.96. The second kappa shape index (κ2) is 7.12. The van der Waals surface area contributed by atoms with Crippen LogP contribution in [0.15, 0.2) is 0 Å². The molecule has 1 heterocycles. The minimum atomic E-state index is 0.175. The van der Waals surface area contributed by atoms with Crippen molar-refractivity contribution in [3.05, 3.63) is 0 Å². The predicted molar refractivity (Wildman–Crippen MR) is 72.2 cm³/mol. The second-order valence-electron chi connectivity index (χ2n) is 5.92. The summed E-state index contributed by atoms with van der Waals surface area (Å²) in [6.45, 7) is 14.7. The number of Topliss-reactive ketones (excluding diaryl/α,β-unsaturated/α-hetero) is 1. The number of carbonyl (C=O) groups is 1. The third-order valence-electron chi connectivity index (χ3n) is 3.51. The molecule has 1 fully saturated rings. The van der Waals surface area contributed by atoms with Crippen LogP contribution in [-0.4, -0.2) is 54.9 Å². The average Bonchev–Trinajstić information content (AvgIpc) is 2.28. The maximum atomic E-state index is 11.7. The van der Waals surface area contributed by atoms with Crippen LogP contribution in [0.3, 0.4) is 0 Å². The molecule has 0 aromatic rings. The van der Waals surface area contributed by atoms with Gasteiger partial charge in [-0.25, -0.2) is 0 Å². The normalized spacial score (nSPS) is 19.2. The highest BCUT2D eigenvalue weighted by atomic mass is 16.1. The van der Waals surface area contributed by atoms with Gasteiger partial charge in [0.15, 0.2) is 0 Å². The number of piperazine rings is 1. The van der Waals surface area contributed by atoms with E-state index in [1.54, 1.807) is 0 Å². The zero-order valence-electron chi connectivity index (χ0n) is 11.9. The molecule has 17 heavy (non-hydrogen) atoms. The Labute approximate surface area is 106 Å². The van der Waals surface area contributed by atoms with Gasteiger partial charge in [-0.05, 0) is 18.9 Å². The van der Waals surface area contributed by atoms with E-state index in [0.29, 0.717) is 12.3 Å². The Hall–Kier alpha value is -0.410. The van der Waals surface area contributed by atoms with E-state index in [4.69, 9.17) is 0 Å². The molecule has 1 saturated heterocycles. The molecule has 0 aliphatic carbocycles. The molecule has 3 nitrogen and oxygen atoms in total. The van der Waals surface area contributed by atoms with Crippen LogP contribution in [0.1, 0.15) is 34.1 Å². The van der Waals surface area contributed by atoms with Crippen molar-refractivity contribution in [2.24, 2.45) is 11.8 Å². The molecule has 0 atom stereocenters. The molecule has 0 bridgehead atoms. The van der Waals surface area contributed by atoms with E-state index in [1.807, 2.05) is 13.8 Å². The van der Waals surface area contributed by atoms with Crippen LogP contribution in [0.4, 0.5) is 0 Å². The molecule has 100 valence electrons. The topological polar surface area (TPSA) is 23.6 Å². The Kier molecular flexibility index (Phi) is 6.14. The summed E-state index contributed by atoms with van der Waals surface area (Å²) in [6, 6.07) is 0. The van der Waals surface area contributed by atoms with Crippen LogP contribution >= 0.6 is 0 Å². The first kappa shape index (κ1) is 14.7. The van der Waals surface area contributed by atoms with E-state index in [9.17, 15) is 4.79 Å². The number of hydrogen-bond donors (Lipinski definition) is 0. The van der Waals surface area contributed by atoms with Crippen molar-refractivity contribution < 1.29 is 4.79 Å². The quantitative estimate of drug-likeness (QED) is 0.708. The zero-order valence-corrected chi connectivity index (χ0v) is 11.9. The van der Waals surface area contributed by atoms with Crippen LogP contribution in [0.2, 0.25) is 0 Å². The van der Waals surface area contributed by atoms with E-state index >= 15 is 0 Å². The van der Waals surface area contributed by atoms with Gasteiger partial charge in [0, 0.05) is 32.1 Å². The standard InChI is InChI=1S/C14H28N2O/c1-12(2)5-6-15-7-9-16(10-8-15)11-14(17)13(3)4/h12-13H,5-11H2,1-4H3. The molecule has 0 unspecified atom stereocenters. The summed E-state index contributed by atoms with van der Waals surface area (Å²) in [5, 5.41) is 0. The molecule has 1 rings (SSSR count). The summed E-state index contributed by atoms with van der Waals surface area (Å²) < 4.78 is 0. The molecule has 0 amide bonds. The molecule has 0 spiro atoms. The third-order valence-corrected chi connectivity index (χ3v) is 3.51. The molecule has 1 aliphatic rings. The lowest BCUT2D eigenvalue weighted by atomic mass is 10.1. The fraction of sp³-hybridized carbons (Fsp3) is 0.929. The Bertz CT molecular complexity index is 230. The molecular formula is C14H28N2O. The van der Waals surface area contributed by atoms with Crippen LogP contribution in [0, 0.1) is 11.8 Å². The molecule has 1 aliphatic heterocycles. The minimum absolute atomic E-state index is 0.175. The van der Waals surface area contributed by atoms with Crippen molar-refractivity contribution >= 4 is 5.78 Å². The summed E-state index contributed by atoms with van der Waals surface area (Å²) in [5.41, 5.74) is 0. The Balaban J connectivity index is 2.19. The SMILES string of the molecule is CC(C)CCN1CCN(CC(=O)C(C)C)CC1. The first-order chi connectivity index (χ1) is 7.99. The van der Waals surface area contributed by atoms with E-state index in [2.05, 4.69) is 23.6 Å². The molecule has 3 heteroatoms. The maximum absolute atomic E-state index is 11.7. The summed E-state index contributed by atoms with van der Waals surface area (Å²) in [7, 11) is 0. The van der Waals surface area contributed by atoms with Gasteiger partial charge in [0.2, 0.25) is 0 Å². The van der Waals surface area contributed by atoms with Crippen molar-refractivity contribution in [3.8, 4) is 0 Å². The molecule has 0 N–H and O–H groups in total. The average molecular weight is 240 g/mol. The fourth-order valence-electron chi connectivity index (χ4n) is 2.01. The van der Waals surface area contributed by atoms with E-state index in [0.717, 1.165) is 32.1 Å². The first-order valence-electron chi connectivity index (χ1n) is 6.96. The van der Waals surface area contributed by atoms with E-state index < -0.39 is 0 Å². The highest BCUT2D eigenvalue weighted by molar-refractivity contribution is 5.82. The Morgan fingerprint density at radius 3 is 2.00 bits per heavy atom. The molecule has 0 aromatic heterocycles. The predicted octanol–water partition coefficient (Wildman–Crippen LogP) is 1.88. The van der Waals surface area contributed by atoms with Gasteiger partial charge < -0.3 is 4.90 Å². The smallest absolute Gasteiger partial charge is 0.149 e. The van der Waals surface area contributed by atoms with Crippen molar-refractivity contribution in [2.45, 2.75) is 34.1 Å². The second-order valence-corrected chi connectivity index (χ2v) is 5.92. The molecular weight excluding hydrogens is 212 g/mol. The third kappa shape index (κ3) is 5.64. The number of hydrogen-bond acceptors (Lipinski definition) is 3. The number of rotatable bonds is 6. The van der Waals surface area contributed by atoms with Gasteiger partial charge in [0.1, 0.15) is 5.78 Å². The lowest BCUT2D eigenvalue weighted by Crippen LogP contribution is -2.48. The summed E-state index contributed by atoms with van der Waals surface area (Å²) in [6.07, 6.45) is 1.28. The fourth-order valence-corrected chi connectivity index (χ4v) is 2.01. The summed E-state index contributed by atoms with van der Waals surface area (Å²) >= 11 is 0. The van der Waals surface area contributed by atoms with Crippen molar-refractivity contribution in [2.75, 3.05) is 39.3 Å². The van der Waals surface area contributed by atoms with E-state index in [-0.39, 0.29) is 5.92 Å². The molecule has 0 saturated carbocycles. The van der Waals surface area contributed by atoms with Gasteiger partial charge >= 0.3 is 0 Å². The van der Waals surface area contributed by atoms with Crippen molar-refractivity contribution in [1.29, 1.82) is 0 Å². The largest absolute Gasteiger partial charge is 0.301 e. The van der Waals surface area contributed by atoms with E-state index in [1.165, 1.54) is 13.0 Å². The van der Waals surface area contributed by atoms with Crippen LogP contribution < -0.4 is 0 Å². The van der Waals surface area contributed by atoms with Crippen molar-refractivity contribution in [1.82, 2.24) is 9.80 Å². The highest BCUT2D eigenvalue weighted by Gasteiger charge is 2.19. The number of ketones is 1. The maximum Gasteiger partial charge on any atom is 0.149 e. The monoisotopic (exact) mass is 240 g/mol. The zero-order chi connectivity index (χ0) is 12.8. The van der Waals surface area contributed by atoms with Crippen LogP contribution in [-0.2, 0) is 4.79 Å². The van der Waals surface area contributed by atoms with Gasteiger partial charge in [-0.1, -0.05) is 27.7 Å². The van der Waals surface area contributed by atoms with Gasteiger partial charge in [0.05, 0.1) is 6.54 Å². The Morgan fingerprint density at radius 1 is 1.00 bits per heavy atom. The Morgan fingerprint density at radius 2 is 1.53 bits per heavy atom. The summed E-state index contributed by atoms with van der Waals surface area (Å²) in [4.78, 5) is 16.5.